The highest BCUT2D eigenvalue weighted by Crippen LogP contribution is 2.38. The number of hydrogen-bond donors (Lipinski definition) is 1. The molecule has 3 nitrogen and oxygen atoms in total. The molecule has 1 saturated carbocycles. The van der Waals surface area contributed by atoms with E-state index in [1.807, 2.05) is 36.5 Å². The van der Waals surface area contributed by atoms with E-state index in [1.54, 1.807) is 0 Å². The molecular weight excluding hydrogens is 198 g/mol. The van der Waals surface area contributed by atoms with E-state index in [4.69, 9.17) is 5.73 Å². The van der Waals surface area contributed by atoms with Crippen LogP contribution in [-0.4, -0.2) is 9.97 Å². The van der Waals surface area contributed by atoms with Gasteiger partial charge in [0.1, 0.15) is 5.82 Å². The third-order valence-corrected chi connectivity index (χ3v) is 2.82. The molecule has 0 unspecified atom stereocenters. The number of hydrogen-bond acceptors (Lipinski definition) is 3. The highest BCUT2D eigenvalue weighted by molar-refractivity contribution is 5.61. The molecule has 1 fully saturated rings. The smallest absolute Gasteiger partial charge is 0.132 e. The first-order chi connectivity index (χ1) is 7.83. The van der Waals surface area contributed by atoms with Crippen LogP contribution in [0.4, 0.5) is 5.69 Å². The zero-order valence-corrected chi connectivity index (χ0v) is 8.93. The molecule has 80 valence electrons. The van der Waals surface area contributed by atoms with Crippen LogP contribution in [0.5, 0.6) is 0 Å². The quantitative estimate of drug-likeness (QED) is 0.777. The first-order valence-corrected chi connectivity index (χ1v) is 5.52. The number of benzene rings is 1. The van der Waals surface area contributed by atoms with Crippen LogP contribution in [0.25, 0.3) is 11.3 Å². The summed E-state index contributed by atoms with van der Waals surface area (Å²) in [5.41, 5.74) is 8.52. The van der Waals surface area contributed by atoms with Gasteiger partial charge in [0, 0.05) is 23.4 Å². The molecule has 2 N–H and O–H groups in total. The van der Waals surface area contributed by atoms with Crippen molar-refractivity contribution in [1.82, 2.24) is 9.97 Å². The van der Waals surface area contributed by atoms with Gasteiger partial charge in [-0.3, -0.25) is 0 Å². The van der Waals surface area contributed by atoms with Gasteiger partial charge in [0.15, 0.2) is 0 Å². The summed E-state index contributed by atoms with van der Waals surface area (Å²) in [6.45, 7) is 0. The van der Waals surface area contributed by atoms with E-state index in [9.17, 15) is 0 Å². The topological polar surface area (TPSA) is 51.8 Å². The summed E-state index contributed by atoms with van der Waals surface area (Å²) in [4.78, 5) is 8.89. The molecule has 3 rings (SSSR count). The molecule has 2 aromatic rings. The van der Waals surface area contributed by atoms with Gasteiger partial charge in [-0.15, -0.1) is 0 Å². The van der Waals surface area contributed by atoms with Gasteiger partial charge in [0.2, 0.25) is 0 Å². The highest BCUT2D eigenvalue weighted by atomic mass is 14.9. The van der Waals surface area contributed by atoms with E-state index in [-0.39, 0.29) is 0 Å². The maximum atomic E-state index is 5.66. The molecule has 1 aromatic heterocycles. The molecule has 0 bridgehead atoms. The van der Waals surface area contributed by atoms with Gasteiger partial charge in [0.25, 0.3) is 0 Å². The largest absolute Gasteiger partial charge is 0.399 e. The standard InChI is InChI=1S/C13H13N3/c14-11-5-3-9(4-6-11)12-7-8-15-13(16-12)10-1-2-10/h3-8,10H,1-2,14H2. The van der Waals surface area contributed by atoms with Crippen LogP contribution < -0.4 is 5.73 Å². The van der Waals surface area contributed by atoms with Crippen molar-refractivity contribution in [2.24, 2.45) is 0 Å². The monoisotopic (exact) mass is 211 g/mol. The molecule has 1 heterocycles. The van der Waals surface area contributed by atoms with Crippen LogP contribution >= 0.6 is 0 Å². The van der Waals surface area contributed by atoms with Crippen molar-refractivity contribution in [2.45, 2.75) is 18.8 Å². The second-order valence-electron chi connectivity index (χ2n) is 4.20. The Hall–Kier alpha value is -1.90. The van der Waals surface area contributed by atoms with E-state index in [0.717, 1.165) is 22.8 Å². The van der Waals surface area contributed by atoms with Crippen molar-refractivity contribution in [3.05, 3.63) is 42.4 Å². The van der Waals surface area contributed by atoms with Gasteiger partial charge >= 0.3 is 0 Å². The van der Waals surface area contributed by atoms with Crippen molar-refractivity contribution >= 4 is 5.69 Å². The maximum Gasteiger partial charge on any atom is 0.132 e. The molecule has 0 spiro atoms. The highest BCUT2D eigenvalue weighted by Gasteiger charge is 2.26. The molecule has 3 heteroatoms. The maximum absolute atomic E-state index is 5.66. The Morgan fingerprint density at radius 2 is 1.81 bits per heavy atom. The van der Waals surface area contributed by atoms with Gasteiger partial charge in [-0.05, 0) is 31.0 Å². The summed E-state index contributed by atoms with van der Waals surface area (Å²) >= 11 is 0. The molecule has 1 aliphatic rings. The second-order valence-corrected chi connectivity index (χ2v) is 4.20. The van der Waals surface area contributed by atoms with E-state index in [0.29, 0.717) is 5.92 Å². The zero-order chi connectivity index (χ0) is 11.0. The van der Waals surface area contributed by atoms with Crippen molar-refractivity contribution in [3.63, 3.8) is 0 Å². The molecule has 1 aromatic carbocycles. The van der Waals surface area contributed by atoms with Gasteiger partial charge in [-0.2, -0.15) is 0 Å². The van der Waals surface area contributed by atoms with Crippen LogP contribution in [-0.2, 0) is 0 Å². The average Bonchev–Trinajstić information content (AvgIpc) is 3.14. The molecule has 0 radical (unpaired) electrons. The minimum absolute atomic E-state index is 0.591. The first kappa shape index (κ1) is 9.33. The summed E-state index contributed by atoms with van der Waals surface area (Å²) in [6, 6.07) is 9.72. The van der Waals surface area contributed by atoms with E-state index < -0.39 is 0 Å². The molecule has 16 heavy (non-hydrogen) atoms. The van der Waals surface area contributed by atoms with Crippen molar-refractivity contribution in [1.29, 1.82) is 0 Å². The SMILES string of the molecule is Nc1ccc(-c2ccnc(C3CC3)n2)cc1. The Kier molecular flexibility index (Phi) is 2.10. The lowest BCUT2D eigenvalue weighted by atomic mass is 10.1. The van der Waals surface area contributed by atoms with E-state index >= 15 is 0 Å². The number of nitrogens with zero attached hydrogens (tertiary/aromatic N) is 2. The summed E-state index contributed by atoms with van der Waals surface area (Å²) in [7, 11) is 0. The molecular formula is C13H13N3. The summed E-state index contributed by atoms with van der Waals surface area (Å²) in [5.74, 6) is 1.57. The number of rotatable bonds is 2. The summed E-state index contributed by atoms with van der Waals surface area (Å²) < 4.78 is 0. The van der Waals surface area contributed by atoms with Crippen LogP contribution in [0.1, 0.15) is 24.6 Å². The fourth-order valence-corrected chi connectivity index (χ4v) is 1.73. The third-order valence-electron chi connectivity index (χ3n) is 2.82. The van der Waals surface area contributed by atoms with Crippen molar-refractivity contribution in [2.75, 3.05) is 5.73 Å². The van der Waals surface area contributed by atoms with Crippen molar-refractivity contribution < 1.29 is 0 Å². The van der Waals surface area contributed by atoms with Gasteiger partial charge in [-0.25, -0.2) is 9.97 Å². The predicted octanol–water partition coefficient (Wildman–Crippen LogP) is 2.60. The lowest BCUT2D eigenvalue weighted by Crippen LogP contribution is -1.94. The number of nitrogen functional groups attached to an aromatic ring is 1. The van der Waals surface area contributed by atoms with E-state index in [1.165, 1.54) is 12.8 Å². The molecule has 1 aliphatic carbocycles. The van der Waals surface area contributed by atoms with Crippen molar-refractivity contribution in [3.8, 4) is 11.3 Å². The summed E-state index contributed by atoms with van der Waals surface area (Å²) in [5, 5.41) is 0. The second kappa shape index (κ2) is 3.59. The number of aromatic nitrogens is 2. The Balaban J connectivity index is 1.98. The van der Waals surface area contributed by atoms with Gasteiger partial charge in [-0.1, -0.05) is 12.1 Å². The van der Waals surface area contributed by atoms with Crippen LogP contribution in [0.2, 0.25) is 0 Å². The van der Waals surface area contributed by atoms with Crippen LogP contribution in [0, 0.1) is 0 Å². The average molecular weight is 211 g/mol. The Morgan fingerprint density at radius 3 is 2.50 bits per heavy atom. The van der Waals surface area contributed by atoms with Gasteiger partial charge < -0.3 is 5.73 Å². The van der Waals surface area contributed by atoms with Crippen LogP contribution in [0.15, 0.2) is 36.5 Å². The molecule has 0 aliphatic heterocycles. The fraction of sp³-hybridized carbons (Fsp3) is 0.231. The third kappa shape index (κ3) is 1.76. The fourth-order valence-electron chi connectivity index (χ4n) is 1.73. The molecule has 0 saturated heterocycles. The van der Waals surface area contributed by atoms with Crippen LogP contribution in [0.3, 0.4) is 0 Å². The number of anilines is 1. The lowest BCUT2D eigenvalue weighted by Gasteiger charge is -2.03. The number of nitrogens with two attached hydrogens (primary N) is 1. The minimum Gasteiger partial charge on any atom is -0.399 e. The zero-order valence-electron chi connectivity index (χ0n) is 8.93. The summed E-state index contributed by atoms with van der Waals surface area (Å²) in [6.07, 6.45) is 4.29. The normalized spacial score (nSPS) is 15.0. The Labute approximate surface area is 94.4 Å². The first-order valence-electron chi connectivity index (χ1n) is 5.52. The molecule has 0 amide bonds. The lowest BCUT2D eigenvalue weighted by molar-refractivity contribution is 0.930. The predicted molar refractivity (Wildman–Crippen MR) is 63.9 cm³/mol. The Morgan fingerprint density at radius 1 is 1.06 bits per heavy atom. The van der Waals surface area contributed by atoms with E-state index in [2.05, 4.69) is 9.97 Å². The Bertz CT molecular complexity index is 501. The van der Waals surface area contributed by atoms with Gasteiger partial charge in [0.05, 0.1) is 5.69 Å². The minimum atomic E-state index is 0.591. The molecule has 0 atom stereocenters.